The summed E-state index contributed by atoms with van der Waals surface area (Å²) in [4.78, 5) is 46.5. The van der Waals surface area contributed by atoms with E-state index in [0.717, 1.165) is 13.1 Å². The summed E-state index contributed by atoms with van der Waals surface area (Å²) in [6.45, 7) is 21.7. The zero-order valence-corrected chi connectivity index (χ0v) is 32.8. The van der Waals surface area contributed by atoms with Gasteiger partial charge in [-0.05, 0) is 96.6 Å². The van der Waals surface area contributed by atoms with Gasteiger partial charge in [0.2, 0.25) is 5.43 Å². The van der Waals surface area contributed by atoms with Gasteiger partial charge >= 0.3 is 0 Å². The van der Waals surface area contributed by atoms with Crippen molar-refractivity contribution in [3.63, 3.8) is 0 Å². The molecule has 1 aromatic heterocycles. The van der Waals surface area contributed by atoms with E-state index in [1.807, 2.05) is 4.90 Å². The highest BCUT2D eigenvalue weighted by Gasteiger charge is 2.59. The predicted octanol–water partition coefficient (Wildman–Crippen LogP) is 7.78. The third-order valence-corrected chi connectivity index (χ3v) is 13.6. The number of rotatable bonds is 9. The highest BCUT2D eigenvalue weighted by Crippen LogP contribution is 2.59. The zero-order chi connectivity index (χ0) is 37.6. The van der Waals surface area contributed by atoms with Crippen LogP contribution in [0.1, 0.15) is 120 Å². The van der Waals surface area contributed by atoms with Gasteiger partial charge in [0.05, 0.1) is 6.54 Å². The number of fused-ring (bicyclic) bond motifs is 2. The molecule has 2 aromatic rings. The van der Waals surface area contributed by atoms with Gasteiger partial charge in [-0.15, -0.1) is 0 Å². The molecule has 52 heavy (non-hydrogen) atoms. The molecule has 4 aliphatic rings. The molecular weight excluding hydrogens is 655 g/mol. The number of pyridine rings is 1. The van der Waals surface area contributed by atoms with Crippen LogP contribution in [-0.4, -0.2) is 57.1 Å². The summed E-state index contributed by atoms with van der Waals surface area (Å²) in [5.74, 6) is 2.74. The summed E-state index contributed by atoms with van der Waals surface area (Å²) in [7, 11) is 0. The minimum absolute atomic E-state index is 0.0218. The Labute approximate surface area is 310 Å². The Kier molecular flexibility index (Phi) is 11.3. The van der Waals surface area contributed by atoms with Crippen LogP contribution in [-0.2, 0) is 13.1 Å². The first kappa shape index (κ1) is 38.5. The minimum Gasteiger partial charge on any atom is -0.503 e. The maximum absolute atomic E-state index is 14.9. The second-order valence-electron chi connectivity index (χ2n) is 18.4. The quantitative estimate of drug-likeness (QED) is 0.276. The van der Waals surface area contributed by atoms with Gasteiger partial charge in [0, 0.05) is 37.8 Å². The molecule has 2 N–H and O–H groups in total. The number of carbonyl (C=O) groups excluding carboxylic acids is 2. The molecule has 1 aromatic carbocycles. The van der Waals surface area contributed by atoms with Gasteiger partial charge in [0.25, 0.3) is 11.8 Å². The molecule has 6 rings (SSSR count). The number of hydrogen-bond donors (Lipinski definition) is 2. The first-order valence-electron chi connectivity index (χ1n) is 20.1. The lowest BCUT2D eigenvalue weighted by atomic mass is 9.49. The molecule has 286 valence electrons. The topological polar surface area (TPSA) is 94.9 Å². The van der Waals surface area contributed by atoms with Crippen molar-refractivity contribution in [2.24, 2.45) is 58.7 Å². The molecule has 0 spiro atoms. The van der Waals surface area contributed by atoms with Gasteiger partial charge in [-0.2, -0.15) is 0 Å². The van der Waals surface area contributed by atoms with Crippen molar-refractivity contribution < 1.29 is 19.1 Å². The highest BCUT2D eigenvalue weighted by atomic mass is 19.1. The maximum Gasteiger partial charge on any atom is 0.275 e. The smallest absolute Gasteiger partial charge is 0.275 e. The van der Waals surface area contributed by atoms with Crippen LogP contribution in [0.5, 0.6) is 5.75 Å². The number of aromatic nitrogens is 1. The molecule has 3 fully saturated rings. The van der Waals surface area contributed by atoms with E-state index in [4.69, 9.17) is 0 Å². The van der Waals surface area contributed by atoms with Gasteiger partial charge in [-0.1, -0.05) is 80.4 Å². The Morgan fingerprint density at radius 2 is 1.48 bits per heavy atom. The number of amides is 2. The van der Waals surface area contributed by atoms with E-state index in [1.165, 1.54) is 56.9 Å². The monoisotopic (exact) mass is 718 g/mol. The van der Waals surface area contributed by atoms with Crippen LogP contribution < -0.4 is 10.7 Å². The van der Waals surface area contributed by atoms with E-state index >= 15 is 0 Å². The Bertz CT molecular complexity index is 1640. The fraction of sp³-hybridized carbons (Fsp3) is 0.698. The standard InChI is InChI=1S/C43H63FN4O4/c1-25(2)20-47-23-43(35-17-28(7)9-15-32(35)26(3)4,36-18-29(8)10-16-33(36)27(5)6)24-48-37(47)22-46-21-34(39(49)40(50)38(46)42(48)52)41(51)45-19-30-11-13-31(44)14-12-30/h11-14,21,25-29,32-33,35-37,50H,9-10,15-20,22-24H2,1-8H3,(H,45,51). The number of nitrogens with zero attached hydrogens (tertiary/aromatic N) is 3. The lowest BCUT2D eigenvalue weighted by molar-refractivity contribution is -0.158. The molecule has 7 atom stereocenters. The second kappa shape index (κ2) is 15.3. The first-order valence-corrected chi connectivity index (χ1v) is 20.1. The van der Waals surface area contributed by atoms with Crippen molar-refractivity contribution >= 4 is 11.8 Å². The summed E-state index contributed by atoms with van der Waals surface area (Å²) in [5.41, 5.74) is -0.536. The normalized spacial score (nSPS) is 31.2. The molecule has 3 heterocycles. The lowest BCUT2D eigenvalue weighted by Gasteiger charge is -2.64. The Morgan fingerprint density at radius 1 is 0.904 bits per heavy atom. The first-order chi connectivity index (χ1) is 24.6. The van der Waals surface area contributed by atoms with Crippen molar-refractivity contribution in [1.82, 2.24) is 19.7 Å². The van der Waals surface area contributed by atoms with Crippen LogP contribution in [0.4, 0.5) is 4.39 Å². The summed E-state index contributed by atoms with van der Waals surface area (Å²) < 4.78 is 15.1. The molecular formula is C43H63FN4O4. The Hall–Kier alpha value is -3.20. The summed E-state index contributed by atoms with van der Waals surface area (Å²) in [6, 6.07) is 5.77. The fourth-order valence-electron chi connectivity index (χ4n) is 11.1. The van der Waals surface area contributed by atoms with Crippen molar-refractivity contribution in [3.8, 4) is 5.75 Å². The van der Waals surface area contributed by atoms with Gasteiger partial charge in [0.15, 0.2) is 11.4 Å². The van der Waals surface area contributed by atoms with Crippen LogP contribution in [0.2, 0.25) is 0 Å². The van der Waals surface area contributed by atoms with Crippen molar-refractivity contribution in [2.45, 2.75) is 113 Å². The van der Waals surface area contributed by atoms with Gasteiger partial charge in [-0.3, -0.25) is 19.3 Å². The van der Waals surface area contributed by atoms with E-state index in [-0.39, 0.29) is 41.1 Å². The Morgan fingerprint density at radius 3 is 2.02 bits per heavy atom. The van der Waals surface area contributed by atoms with E-state index in [1.54, 1.807) is 16.7 Å². The van der Waals surface area contributed by atoms with Crippen molar-refractivity contribution in [2.75, 3.05) is 19.6 Å². The SMILES string of the molecule is CC(C)CN1CC(C2CC(C)CCC2C(C)C)(C2CC(C)CCC2C(C)C)CN2C(=O)c3c(O)c(=O)c(C(=O)NCc4ccc(F)cc4)cn3CC12. The number of aromatic hydroxyl groups is 1. The van der Waals surface area contributed by atoms with Gasteiger partial charge in [-0.25, -0.2) is 4.39 Å². The van der Waals surface area contributed by atoms with E-state index < -0.39 is 17.1 Å². The van der Waals surface area contributed by atoms with Gasteiger partial charge in [0.1, 0.15) is 17.5 Å². The molecule has 2 aliphatic carbocycles. The average molecular weight is 719 g/mol. The highest BCUT2D eigenvalue weighted by molar-refractivity contribution is 5.99. The number of hydrogen-bond acceptors (Lipinski definition) is 5. The summed E-state index contributed by atoms with van der Waals surface area (Å²) in [5, 5.41) is 14.2. The largest absolute Gasteiger partial charge is 0.503 e. The van der Waals surface area contributed by atoms with E-state index in [2.05, 4.69) is 65.6 Å². The molecule has 2 saturated carbocycles. The molecule has 2 amide bonds. The molecule has 9 heteroatoms. The zero-order valence-electron chi connectivity index (χ0n) is 32.8. The number of halogens is 1. The second-order valence-corrected chi connectivity index (χ2v) is 18.4. The number of benzene rings is 1. The molecule has 0 radical (unpaired) electrons. The third-order valence-electron chi connectivity index (χ3n) is 13.6. The van der Waals surface area contributed by atoms with Crippen LogP contribution in [0.25, 0.3) is 0 Å². The van der Waals surface area contributed by atoms with Crippen molar-refractivity contribution in [1.29, 1.82) is 0 Å². The van der Waals surface area contributed by atoms with Crippen LogP contribution >= 0.6 is 0 Å². The van der Waals surface area contributed by atoms with Crippen LogP contribution in [0.3, 0.4) is 0 Å². The molecule has 1 saturated heterocycles. The maximum atomic E-state index is 14.9. The van der Waals surface area contributed by atoms with E-state index in [0.29, 0.717) is 71.9 Å². The number of carbonyl (C=O) groups is 2. The van der Waals surface area contributed by atoms with E-state index in [9.17, 15) is 23.9 Å². The van der Waals surface area contributed by atoms with Crippen LogP contribution in [0, 0.1) is 64.5 Å². The van der Waals surface area contributed by atoms with Crippen LogP contribution in [0.15, 0.2) is 35.3 Å². The fourth-order valence-corrected chi connectivity index (χ4v) is 11.1. The summed E-state index contributed by atoms with van der Waals surface area (Å²) >= 11 is 0. The molecule has 2 aliphatic heterocycles. The minimum atomic E-state index is -0.848. The molecule has 7 unspecified atom stereocenters. The van der Waals surface area contributed by atoms with Crippen molar-refractivity contribution in [3.05, 3.63) is 63.3 Å². The predicted molar refractivity (Wildman–Crippen MR) is 203 cm³/mol. The van der Waals surface area contributed by atoms with Gasteiger partial charge < -0.3 is 19.9 Å². The summed E-state index contributed by atoms with van der Waals surface area (Å²) in [6.07, 6.45) is 8.45. The number of nitrogens with one attached hydrogen (secondary N) is 1. The average Bonchev–Trinajstić information content (AvgIpc) is 3.09. The molecule has 8 nitrogen and oxygen atoms in total. The lowest BCUT2D eigenvalue weighted by Crippen LogP contribution is -2.71. The Balaban J connectivity index is 1.43. The third kappa shape index (κ3) is 7.32. The molecule has 0 bridgehead atoms.